The first-order chi connectivity index (χ1) is 15.5. The summed E-state index contributed by atoms with van der Waals surface area (Å²) < 4.78 is 0. The van der Waals surface area contributed by atoms with Crippen molar-refractivity contribution in [2.45, 2.75) is 64.2 Å². The molecule has 5 nitrogen and oxygen atoms in total. The fourth-order valence-electron chi connectivity index (χ4n) is 4.97. The molecule has 1 atom stereocenters. The standard InChI is InChI=1S/C26H35N3O2Si/c1-4-32(5-2)21(3)29(23-13-8-9-14-24(23)32)26(31)15-7-6-10-19-28-25(30)17-16-22-12-11-18-27-20-22/h8-9,11-14,16-18,20-21H,4-7,10,15,19H2,1-3H3,(H,28,30)/b17-16+. The van der Waals surface area contributed by atoms with Crippen LogP contribution in [0.25, 0.3) is 6.08 Å². The molecule has 0 fully saturated rings. The maximum absolute atomic E-state index is 13.2. The summed E-state index contributed by atoms with van der Waals surface area (Å²) in [5.41, 5.74) is 2.36. The van der Waals surface area contributed by atoms with E-state index in [9.17, 15) is 9.59 Å². The highest BCUT2D eigenvalue weighted by atomic mass is 28.3. The van der Waals surface area contributed by atoms with Gasteiger partial charge in [-0.05, 0) is 48.7 Å². The Morgan fingerprint density at radius 2 is 1.88 bits per heavy atom. The number of rotatable bonds is 10. The Labute approximate surface area is 193 Å². The van der Waals surface area contributed by atoms with Crippen LogP contribution in [0.1, 0.15) is 52.0 Å². The van der Waals surface area contributed by atoms with E-state index in [0.29, 0.717) is 18.6 Å². The van der Waals surface area contributed by atoms with E-state index in [1.807, 2.05) is 18.2 Å². The summed E-state index contributed by atoms with van der Waals surface area (Å²) in [5.74, 6) is 0.137. The minimum absolute atomic E-state index is 0.104. The van der Waals surface area contributed by atoms with Gasteiger partial charge in [-0.1, -0.05) is 56.6 Å². The Morgan fingerprint density at radius 1 is 1.09 bits per heavy atom. The molecule has 2 aromatic rings. The number of fused-ring (bicyclic) bond motifs is 1. The largest absolute Gasteiger partial charge is 0.353 e. The molecule has 1 aliphatic heterocycles. The smallest absolute Gasteiger partial charge is 0.243 e. The Bertz CT molecular complexity index is 941. The summed E-state index contributed by atoms with van der Waals surface area (Å²) in [6, 6.07) is 14.6. The lowest BCUT2D eigenvalue weighted by Gasteiger charge is -2.33. The molecule has 0 saturated heterocycles. The van der Waals surface area contributed by atoms with E-state index in [1.54, 1.807) is 18.5 Å². The van der Waals surface area contributed by atoms with Gasteiger partial charge in [-0.25, -0.2) is 0 Å². The van der Waals surface area contributed by atoms with Crippen LogP contribution in [0.4, 0.5) is 5.69 Å². The number of benzene rings is 1. The zero-order valence-corrected chi connectivity index (χ0v) is 20.5. The number of anilines is 1. The second-order valence-corrected chi connectivity index (χ2v) is 13.6. The van der Waals surface area contributed by atoms with Crippen molar-refractivity contribution in [2.24, 2.45) is 0 Å². The molecular formula is C26H35N3O2Si. The number of unbranched alkanes of at least 4 members (excludes halogenated alkanes) is 2. The molecule has 1 aromatic heterocycles. The topological polar surface area (TPSA) is 62.3 Å². The first-order valence-corrected chi connectivity index (χ1v) is 14.3. The van der Waals surface area contributed by atoms with Gasteiger partial charge in [-0.15, -0.1) is 0 Å². The summed E-state index contributed by atoms with van der Waals surface area (Å²) in [6.45, 7) is 7.45. The molecule has 0 aliphatic carbocycles. The van der Waals surface area contributed by atoms with Gasteiger partial charge in [0.25, 0.3) is 0 Å². The number of aromatic nitrogens is 1. The normalized spacial score (nSPS) is 16.8. The Balaban J connectivity index is 1.43. The van der Waals surface area contributed by atoms with Crippen molar-refractivity contribution in [3.63, 3.8) is 0 Å². The number of nitrogens with zero attached hydrogens (tertiary/aromatic N) is 2. The van der Waals surface area contributed by atoms with Gasteiger partial charge < -0.3 is 10.2 Å². The van der Waals surface area contributed by atoms with Crippen LogP contribution in [0.2, 0.25) is 12.1 Å². The molecule has 2 amide bonds. The Kier molecular flexibility index (Phi) is 8.39. The van der Waals surface area contributed by atoms with Crippen molar-refractivity contribution in [3.8, 4) is 0 Å². The minimum Gasteiger partial charge on any atom is -0.353 e. The first-order valence-electron chi connectivity index (χ1n) is 11.8. The number of para-hydroxylation sites is 1. The van der Waals surface area contributed by atoms with E-state index in [0.717, 1.165) is 30.5 Å². The van der Waals surface area contributed by atoms with Crippen LogP contribution >= 0.6 is 0 Å². The lowest BCUT2D eigenvalue weighted by molar-refractivity contribution is -0.119. The monoisotopic (exact) mass is 449 g/mol. The van der Waals surface area contributed by atoms with Crippen molar-refractivity contribution in [2.75, 3.05) is 11.4 Å². The lowest BCUT2D eigenvalue weighted by Crippen LogP contribution is -2.55. The molecule has 0 spiro atoms. The van der Waals surface area contributed by atoms with Crippen LogP contribution < -0.4 is 15.4 Å². The molecule has 2 heterocycles. The van der Waals surface area contributed by atoms with Gasteiger partial charge in [0, 0.05) is 42.8 Å². The summed E-state index contributed by atoms with van der Waals surface area (Å²) in [6.07, 6.45) is 9.91. The van der Waals surface area contributed by atoms with Gasteiger partial charge in [0.05, 0.1) is 0 Å². The third-order valence-electron chi connectivity index (χ3n) is 6.90. The molecule has 3 rings (SSSR count). The molecule has 1 aliphatic rings. The van der Waals surface area contributed by atoms with Crippen molar-refractivity contribution in [1.82, 2.24) is 10.3 Å². The van der Waals surface area contributed by atoms with Crippen molar-refractivity contribution >= 4 is 36.8 Å². The molecule has 0 bridgehead atoms. The van der Waals surface area contributed by atoms with Gasteiger partial charge in [-0.2, -0.15) is 0 Å². The third-order valence-corrected chi connectivity index (χ3v) is 12.8. The predicted molar refractivity (Wildman–Crippen MR) is 134 cm³/mol. The van der Waals surface area contributed by atoms with Gasteiger partial charge >= 0.3 is 0 Å². The predicted octanol–water partition coefficient (Wildman–Crippen LogP) is 4.44. The lowest BCUT2D eigenvalue weighted by atomic mass is 10.1. The molecule has 0 saturated carbocycles. The summed E-state index contributed by atoms with van der Waals surface area (Å²) in [4.78, 5) is 31.2. The van der Waals surface area contributed by atoms with E-state index in [2.05, 4.69) is 54.2 Å². The van der Waals surface area contributed by atoms with Gasteiger partial charge in [0.1, 0.15) is 8.07 Å². The van der Waals surface area contributed by atoms with Crippen LogP contribution in [0.15, 0.2) is 54.9 Å². The molecule has 170 valence electrons. The SMILES string of the molecule is CC[Si]1(CC)c2ccccc2N(C(=O)CCCCCNC(=O)/C=C/c2cccnc2)C1C. The fraction of sp³-hybridized carbons (Fsp3) is 0.423. The zero-order valence-electron chi connectivity index (χ0n) is 19.5. The second kappa shape index (κ2) is 11.2. The third kappa shape index (κ3) is 5.18. The van der Waals surface area contributed by atoms with E-state index in [4.69, 9.17) is 0 Å². The molecule has 32 heavy (non-hydrogen) atoms. The molecule has 6 heteroatoms. The van der Waals surface area contributed by atoms with Gasteiger partial charge in [-0.3, -0.25) is 14.6 Å². The molecule has 1 unspecified atom stereocenters. The van der Waals surface area contributed by atoms with Crippen molar-refractivity contribution < 1.29 is 9.59 Å². The molecule has 0 radical (unpaired) electrons. The molecular weight excluding hydrogens is 414 g/mol. The average molecular weight is 450 g/mol. The van der Waals surface area contributed by atoms with Gasteiger partial charge in [0.15, 0.2) is 0 Å². The number of pyridine rings is 1. The maximum atomic E-state index is 13.2. The van der Waals surface area contributed by atoms with E-state index < -0.39 is 8.07 Å². The van der Waals surface area contributed by atoms with Crippen LogP contribution in [-0.4, -0.2) is 37.1 Å². The summed E-state index contributed by atoms with van der Waals surface area (Å²) >= 11 is 0. The second-order valence-electron chi connectivity index (χ2n) is 8.54. The number of nitrogens with one attached hydrogen (secondary N) is 1. The Hall–Kier alpha value is -2.73. The van der Waals surface area contributed by atoms with Gasteiger partial charge in [0.2, 0.25) is 11.8 Å². The first kappa shape index (κ1) is 23.9. The van der Waals surface area contributed by atoms with Crippen molar-refractivity contribution in [3.05, 3.63) is 60.4 Å². The summed E-state index contributed by atoms with van der Waals surface area (Å²) in [5, 5.41) is 4.36. The average Bonchev–Trinajstić information content (AvgIpc) is 3.08. The number of amides is 2. The highest BCUT2D eigenvalue weighted by Crippen LogP contribution is 2.36. The van der Waals surface area contributed by atoms with Crippen LogP contribution in [0.5, 0.6) is 0 Å². The number of carbonyl (C=O) groups is 2. The van der Waals surface area contributed by atoms with Crippen LogP contribution in [0, 0.1) is 0 Å². The van der Waals surface area contributed by atoms with E-state index >= 15 is 0 Å². The van der Waals surface area contributed by atoms with E-state index in [-0.39, 0.29) is 11.8 Å². The highest BCUT2D eigenvalue weighted by molar-refractivity contribution is 6.96. The minimum atomic E-state index is -1.69. The zero-order chi connectivity index (χ0) is 23.0. The number of hydrogen-bond acceptors (Lipinski definition) is 3. The molecule has 1 aromatic carbocycles. The number of hydrogen-bond donors (Lipinski definition) is 1. The van der Waals surface area contributed by atoms with E-state index in [1.165, 1.54) is 23.4 Å². The van der Waals surface area contributed by atoms with Crippen LogP contribution in [-0.2, 0) is 9.59 Å². The summed E-state index contributed by atoms with van der Waals surface area (Å²) in [7, 11) is -1.69. The van der Waals surface area contributed by atoms with Crippen molar-refractivity contribution in [1.29, 1.82) is 0 Å². The highest BCUT2D eigenvalue weighted by Gasteiger charge is 2.49. The molecule has 1 N–H and O–H groups in total. The fourth-order valence-corrected chi connectivity index (χ4v) is 9.79. The number of carbonyl (C=O) groups excluding carboxylic acids is 2. The quantitative estimate of drug-likeness (QED) is 0.331. The Morgan fingerprint density at radius 3 is 2.59 bits per heavy atom. The van der Waals surface area contributed by atoms with Crippen LogP contribution in [0.3, 0.4) is 0 Å². The maximum Gasteiger partial charge on any atom is 0.243 e.